The average molecular weight is 417 g/mol. The number of ether oxygens (including phenoxy) is 1. The van der Waals surface area contributed by atoms with Crippen LogP contribution in [-0.4, -0.2) is 30.0 Å². The van der Waals surface area contributed by atoms with Crippen molar-refractivity contribution < 1.29 is 14.3 Å². The lowest BCUT2D eigenvalue weighted by Crippen LogP contribution is -2.35. The lowest BCUT2D eigenvalue weighted by Gasteiger charge is -2.19. The predicted molar refractivity (Wildman–Crippen MR) is 114 cm³/mol. The van der Waals surface area contributed by atoms with Gasteiger partial charge < -0.3 is 4.74 Å². The van der Waals surface area contributed by atoms with Gasteiger partial charge in [0.2, 0.25) is 0 Å². The first-order valence-corrected chi connectivity index (χ1v) is 9.99. The summed E-state index contributed by atoms with van der Waals surface area (Å²) >= 11 is 1.35. The summed E-state index contributed by atoms with van der Waals surface area (Å²) in [6, 6.07) is 21.9. The molecular formula is C23H19N3O3S. The average Bonchev–Trinajstić information content (AvgIpc) is 2.78. The number of aryl methyl sites for hydroxylation is 1. The van der Waals surface area contributed by atoms with Crippen LogP contribution in [0.25, 0.3) is 0 Å². The van der Waals surface area contributed by atoms with Crippen LogP contribution in [0.2, 0.25) is 0 Å². The lowest BCUT2D eigenvalue weighted by atomic mass is 10.2. The minimum atomic E-state index is -0.643. The summed E-state index contributed by atoms with van der Waals surface area (Å²) in [5, 5.41) is 9.53. The van der Waals surface area contributed by atoms with E-state index in [1.807, 2.05) is 43.3 Å². The molecule has 0 radical (unpaired) electrons. The third-order valence-electron chi connectivity index (χ3n) is 4.15. The van der Waals surface area contributed by atoms with Crippen molar-refractivity contribution >= 4 is 29.3 Å². The molecule has 0 atom stereocenters. The van der Waals surface area contributed by atoms with Crippen molar-refractivity contribution in [1.29, 1.82) is 5.26 Å². The number of esters is 1. The number of carbonyl (C=O) groups excluding carboxylic acids is 2. The van der Waals surface area contributed by atoms with Crippen LogP contribution in [0.15, 0.2) is 82.8 Å². The fraction of sp³-hybridized carbons (Fsp3) is 0.130. The Labute approximate surface area is 179 Å². The zero-order valence-corrected chi connectivity index (χ0v) is 17.1. The van der Waals surface area contributed by atoms with Crippen molar-refractivity contribution in [2.45, 2.75) is 16.8 Å². The number of aromatic nitrogens is 1. The van der Waals surface area contributed by atoms with Gasteiger partial charge in [0.05, 0.1) is 11.6 Å². The maximum absolute atomic E-state index is 12.6. The summed E-state index contributed by atoms with van der Waals surface area (Å²) in [5.74, 6) is -1.12. The fourth-order valence-electron chi connectivity index (χ4n) is 2.63. The van der Waals surface area contributed by atoms with Gasteiger partial charge in [0.15, 0.2) is 6.61 Å². The van der Waals surface area contributed by atoms with Crippen LogP contribution in [0.3, 0.4) is 0 Å². The number of pyridine rings is 1. The number of carbonyl (C=O) groups is 2. The van der Waals surface area contributed by atoms with E-state index in [0.29, 0.717) is 10.7 Å². The number of nitriles is 1. The first-order chi connectivity index (χ1) is 14.6. The van der Waals surface area contributed by atoms with E-state index in [2.05, 4.69) is 4.98 Å². The van der Waals surface area contributed by atoms with Gasteiger partial charge in [0, 0.05) is 16.8 Å². The molecule has 0 fully saturated rings. The van der Waals surface area contributed by atoms with Gasteiger partial charge in [-0.1, -0.05) is 47.7 Å². The molecule has 0 aliphatic carbocycles. The molecule has 1 amide bonds. The fourth-order valence-corrected chi connectivity index (χ4v) is 3.50. The molecule has 0 saturated heterocycles. The van der Waals surface area contributed by atoms with Crippen molar-refractivity contribution in [2.75, 3.05) is 18.1 Å². The number of rotatable bonds is 7. The summed E-state index contributed by atoms with van der Waals surface area (Å²) < 4.78 is 5.24. The van der Waals surface area contributed by atoms with Gasteiger partial charge in [0.25, 0.3) is 5.91 Å². The van der Waals surface area contributed by atoms with Gasteiger partial charge in [-0.15, -0.1) is 0 Å². The Morgan fingerprint density at radius 3 is 2.50 bits per heavy atom. The van der Waals surface area contributed by atoms with E-state index < -0.39 is 18.5 Å². The molecule has 0 N–H and O–H groups in total. The number of hydrogen-bond donors (Lipinski definition) is 0. The van der Waals surface area contributed by atoms with Crippen molar-refractivity contribution in [3.05, 3.63) is 84.1 Å². The van der Waals surface area contributed by atoms with E-state index in [-0.39, 0.29) is 12.1 Å². The molecule has 0 unspecified atom stereocenters. The summed E-state index contributed by atoms with van der Waals surface area (Å²) in [4.78, 5) is 31.7. The highest BCUT2D eigenvalue weighted by atomic mass is 32.2. The summed E-state index contributed by atoms with van der Waals surface area (Å²) in [6.45, 7) is 1.39. The molecule has 150 valence electrons. The minimum absolute atomic E-state index is 0.137. The van der Waals surface area contributed by atoms with Gasteiger partial charge in [0.1, 0.15) is 11.6 Å². The van der Waals surface area contributed by atoms with E-state index in [4.69, 9.17) is 10.00 Å². The zero-order chi connectivity index (χ0) is 21.3. The number of anilines is 1. The third kappa shape index (κ3) is 5.46. The standard InChI is InChI=1S/C23H19N3O3S/c1-17-9-11-19(12-10-17)30-22-20(8-5-14-25-22)23(28)29-16-21(27)26(15-13-24)18-6-3-2-4-7-18/h2-12,14H,15-16H2,1H3. The quantitative estimate of drug-likeness (QED) is 0.422. The smallest absolute Gasteiger partial charge is 0.341 e. The van der Waals surface area contributed by atoms with Gasteiger partial charge in [-0.25, -0.2) is 9.78 Å². The molecule has 30 heavy (non-hydrogen) atoms. The number of para-hydroxylation sites is 1. The summed E-state index contributed by atoms with van der Waals surface area (Å²) in [7, 11) is 0. The Morgan fingerprint density at radius 2 is 1.80 bits per heavy atom. The van der Waals surface area contributed by atoms with Crippen LogP contribution >= 0.6 is 11.8 Å². The maximum Gasteiger partial charge on any atom is 0.341 e. The first-order valence-electron chi connectivity index (χ1n) is 9.17. The lowest BCUT2D eigenvalue weighted by molar-refractivity contribution is -0.121. The van der Waals surface area contributed by atoms with E-state index >= 15 is 0 Å². The topological polar surface area (TPSA) is 83.3 Å². The van der Waals surface area contributed by atoms with Crippen molar-refractivity contribution in [3.63, 3.8) is 0 Å². The van der Waals surface area contributed by atoms with Crippen LogP contribution in [0, 0.1) is 18.3 Å². The Hall–Kier alpha value is -3.63. The highest BCUT2D eigenvalue weighted by Crippen LogP contribution is 2.29. The Morgan fingerprint density at radius 1 is 1.07 bits per heavy atom. The number of benzene rings is 2. The molecule has 0 aliphatic heterocycles. The largest absolute Gasteiger partial charge is 0.452 e. The second-order valence-electron chi connectivity index (χ2n) is 6.32. The number of amides is 1. The molecule has 0 spiro atoms. The van der Waals surface area contributed by atoms with Gasteiger partial charge in [-0.3, -0.25) is 9.69 Å². The zero-order valence-electron chi connectivity index (χ0n) is 16.3. The van der Waals surface area contributed by atoms with Crippen LogP contribution in [0.1, 0.15) is 15.9 Å². The van der Waals surface area contributed by atoms with Crippen molar-refractivity contribution in [1.82, 2.24) is 4.98 Å². The highest BCUT2D eigenvalue weighted by molar-refractivity contribution is 7.99. The Bertz CT molecular complexity index is 1060. The summed E-state index contributed by atoms with van der Waals surface area (Å²) in [5.41, 5.74) is 1.98. The molecule has 3 aromatic rings. The minimum Gasteiger partial charge on any atom is -0.452 e. The van der Waals surface area contributed by atoms with Crippen molar-refractivity contribution in [2.24, 2.45) is 0 Å². The van der Waals surface area contributed by atoms with Gasteiger partial charge >= 0.3 is 5.97 Å². The monoisotopic (exact) mass is 417 g/mol. The number of hydrogen-bond acceptors (Lipinski definition) is 6. The Kier molecular flexibility index (Phi) is 7.19. The van der Waals surface area contributed by atoms with Crippen LogP contribution in [-0.2, 0) is 9.53 Å². The normalized spacial score (nSPS) is 10.1. The van der Waals surface area contributed by atoms with Gasteiger partial charge in [-0.2, -0.15) is 5.26 Å². The SMILES string of the molecule is Cc1ccc(Sc2ncccc2C(=O)OCC(=O)N(CC#N)c2ccccc2)cc1. The second-order valence-corrected chi connectivity index (χ2v) is 7.38. The molecule has 0 bridgehead atoms. The first kappa shape index (κ1) is 21.1. The highest BCUT2D eigenvalue weighted by Gasteiger charge is 2.20. The molecule has 0 saturated carbocycles. The van der Waals surface area contributed by atoms with Gasteiger partial charge in [-0.05, 0) is 43.3 Å². The van der Waals surface area contributed by atoms with Crippen LogP contribution in [0.4, 0.5) is 5.69 Å². The third-order valence-corrected chi connectivity index (χ3v) is 5.18. The molecule has 0 aliphatic rings. The molecule has 1 aromatic heterocycles. The second kappa shape index (κ2) is 10.2. The van der Waals surface area contributed by atoms with E-state index in [1.54, 1.807) is 42.6 Å². The number of nitrogens with zero attached hydrogens (tertiary/aromatic N) is 3. The molecule has 7 heteroatoms. The molecule has 6 nitrogen and oxygen atoms in total. The Balaban J connectivity index is 1.69. The maximum atomic E-state index is 12.6. The van der Waals surface area contributed by atoms with E-state index in [0.717, 1.165) is 10.5 Å². The van der Waals surface area contributed by atoms with Crippen molar-refractivity contribution in [3.8, 4) is 6.07 Å². The molecule has 1 heterocycles. The molecule has 3 rings (SSSR count). The van der Waals surface area contributed by atoms with E-state index in [1.165, 1.54) is 16.7 Å². The molecular weight excluding hydrogens is 398 g/mol. The van der Waals surface area contributed by atoms with E-state index in [9.17, 15) is 9.59 Å². The van der Waals surface area contributed by atoms with Crippen LogP contribution in [0.5, 0.6) is 0 Å². The van der Waals surface area contributed by atoms with Crippen LogP contribution < -0.4 is 4.90 Å². The predicted octanol–water partition coefficient (Wildman–Crippen LogP) is 4.25. The molecule has 2 aromatic carbocycles. The summed E-state index contributed by atoms with van der Waals surface area (Å²) in [6.07, 6.45) is 1.60.